The Morgan fingerprint density at radius 3 is 1.29 bits per heavy atom. The van der Waals surface area contributed by atoms with Crippen LogP contribution in [0.5, 0.6) is 0 Å². The van der Waals surface area contributed by atoms with E-state index < -0.39 is 0 Å². The highest BCUT2D eigenvalue weighted by Crippen LogP contribution is 2.46. The lowest BCUT2D eigenvalue weighted by atomic mass is 9.59. The molecule has 0 fully saturated rings. The first-order valence-corrected chi connectivity index (χ1v) is 20.2. The zero-order valence-corrected chi connectivity index (χ0v) is 34.0. The molecule has 1 aromatic heterocycles. The van der Waals surface area contributed by atoms with Gasteiger partial charge < -0.3 is 0 Å². The van der Waals surface area contributed by atoms with E-state index in [0.717, 1.165) is 71.9 Å². The van der Waals surface area contributed by atoms with Crippen LogP contribution in [0, 0.1) is 0 Å². The number of fused-ring (bicyclic) bond motifs is 3. The Labute approximate surface area is 380 Å². The van der Waals surface area contributed by atoms with Gasteiger partial charge in [-0.05, 0) is 109 Å². The number of rotatable bonds is 6. The molecule has 2 nitrogen and oxygen atoms in total. The molecule has 0 amide bonds. The minimum atomic E-state index is 0.142. The van der Waals surface area contributed by atoms with Crippen LogP contribution in [0.3, 0.4) is 0 Å². The standard InChI is InChI=1S/C51H24B10N2/c52-41-39(42(53)46(57)49(60)45(41)56)27-12-8-10-25(22-27)38-32-17-5-4-16-31(32)37(33-21-20-28(24-34(33)38)40-43(54)47(58)50(61)48(59)44(40)55)26-11-9-13-29(23-26)51-62-35-18-6-7-19-36(35)63(51)30-14-2-1-3-15-30/h1-24H. The lowest BCUT2D eigenvalue weighted by Crippen LogP contribution is -2.55. The molecule has 0 bridgehead atoms. The Morgan fingerprint density at radius 2 is 0.714 bits per heavy atom. The van der Waals surface area contributed by atoms with E-state index in [1.807, 2.05) is 78.9 Å². The first kappa shape index (κ1) is 40.7. The maximum Gasteiger partial charge on any atom is 0.145 e. The van der Waals surface area contributed by atoms with Gasteiger partial charge in [0.2, 0.25) is 0 Å². The van der Waals surface area contributed by atoms with Crippen molar-refractivity contribution in [3.8, 4) is 61.6 Å². The van der Waals surface area contributed by atoms with Gasteiger partial charge in [0, 0.05) is 11.3 Å². The molecule has 268 valence electrons. The second kappa shape index (κ2) is 15.8. The minimum absolute atomic E-state index is 0.142. The van der Waals surface area contributed by atoms with Crippen LogP contribution < -0.4 is 54.6 Å². The molecule has 20 radical (unpaired) electrons. The molecule has 0 spiro atoms. The summed E-state index contributed by atoms with van der Waals surface area (Å²) in [5, 5.41) is 3.85. The largest absolute Gasteiger partial charge is 0.292 e. The summed E-state index contributed by atoms with van der Waals surface area (Å²) in [6, 6.07) is 49.4. The molecule has 0 N–H and O–H groups in total. The summed E-state index contributed by atoms with van der Waals surface area (Å²) in [4.78, 5) is 5.19. The number of hydrogen-bond donors (Lipinski definition) is 0. The molecule has 0 aliphatic rings. The predicted octanol–water partition coefficient (Wildman–Crippen LogP) is 1.60. The van der Waals surface area contributed by atoms with Gasteiger partial charge in [0.1, 0.15) is 84.3 Å². The van der Waals surface area contributed by atoms with E-state index in [0.29, 0.717) is 22.3 Å². The monoisotopic (exact) mass is 774 g/mol. The topological polar surface area (TPSA) is 17.8 Å². The van der Waals surface area contributed by atoms with Crippen molar-refractivity contribution >= 4 is 166 Å². The Balaban J connectivity index is 1.28. The molecule has 0 aliphatic carbocycles. The van der Waals surface area contributed by atoms with Crippen LogP contribution in [0.25, 0.3) is 94.2 Å². The van der Waals surface area contributed by atoms with Crippen LogP contribution in [0.15, 0.2) is 146 Å². The van der Waals surface area contributed by atoms with Gasteiger partial charge in [-0.25, -0.2) is 4.98 Å². The van der Waals surface area contributed by atoms with Crippen LogP contribution in [-0.4, -0.2) is 88.0 Å². The van der Waals surface area contributed by atoms with Crippen molar-refractivity contribution < 1.29 is 0 Å². The van der Waals surface area contributed by atoms with E-state index in [9.17, 15) is 0 Å². The second-order valence-corrected chi connectivity index (χ2v) is 15.7. The Bertz CT molecular complexity index is 3470. The summed E-state index contributed by atoms with van der Waals surface area (Å²) < 4.78 is 2.20. The van der Waals surface area contributed by atoms with Gasteiger partial charge in [-0.15, -0.1) is 32.8 Å². The van der Waals surface area contributed by atoms with E-state index in [1.165, 1.54) is 0 Å². The first-order chi connectivity index (χ1) is 30.4. The Morgan fingerprint density at radius 1 is 0.302 bits per heavy atom. The Kier molecular flexibility index (Phi) is 10.2. The second-order valence-electron chi connectivity index (χ2n) is 15.7. The van der Waals surface area contributed by atoms with E-state index >= 15 is 0 Å². The smallest absolute Gasteiger partial charge is 0.145 e. The quantitative estimate of drug-likeness (QED) is 0.186. The molecule has 63 heavy (non-hydrogen) atoms. The van der Waals surface area contributed by atoms with E-state index in [4.69, 9.17) is 83.4 Å². The highest BCUT2D eigenvalue weighted by atomic mass is 15.1. The van der Waals surface area contributed by atoms with Gasteiger partial charge in [-0.1, -0.05) is 125 Å². The van der Waals surface area contributed by atoms with Crippen molar-refractivity contribution in [2.24, 2.45) is 0 Å². The average molecular weight is 773 g/mol. The van der Waals surface area contributed by atoms with Gasteiger partial charge in [-0.2, -0.15) is 0 Å². The number of aromatic nitrogens is 2. The molecule has 0 aliphatic heterocycles. The highest BCUT2D eigenvalue weighted by molar-refractivity contribution is 6.70. The molecule has 1 heterocycles. The van der Waals surface area contributed by atoms with E-state index in [1.54, 1.807) is 0 Å². The van der Waals surface area contributed by atoms with Gasteiger partial charge in [-0.3, -0.25) is 4.57 Å². The minimum Gasteiger partial charge on any atom is -0.292 e. The molecule has 0 saturated carbocycles. The average Bonchev–Trinajstić information content (AvgIpc) is 3.71. The highest BCUT2D eigenvalue weighted by Gasteiger charge is 2.22. The van der Waals surface area contributed by atoms with Crippen molar-refractivity contribution in [1.82, 2.24) is 9.55 Å². The van der Waals surface area contributed by atoms with E-state index in [2.05, 4.69) is 71.3 Å². The van der Waals surface area contributed by atoms with Gasteiger partial charge >= 0.3 is 0 Å². The van der Waals surface area contributed by atoms with Crippen molar-refractivity contribution in [1.29, 1.82) is 0 Å². The molecular weight excluding hydrogens is 749 g/mol. The maximum absolute atomic E-state index is 6.69. The fourth-order valence-electron chi connectivity index (χ4n) is 8.98. The van der Waals surface area contributed by atoms with Crippen molar-refractivity contribution in [3.63, 3.8) is 0 Å². The van der Waals surface area contributed by atoms with Crippen LogP contribution >= 0.6 is 0 Å². The number of para-hydroxylation sites is 3. The van der Waals surface area contributed by atoms with Crippen molar-refractivity contribution in [2.45, 2.75) is 0 Å². The van der Waals surface area contributed by atoms with E-state index in [-0.39, 0.29) is 54.6 Å². The Hall–Kier alpha value is -6.38. The van der Waals surface area contributed by atoms with Crippen LogP contribution in [0.1, 0.15) is 0 Å². The normalized spacial score (nSPS) is 11.5. The molecule has 0 saturated heterocycles. The summed E-state index contributed by atoms with van der Waals surface area (Å²) >= 11 is 0. The lowest BCUT2D eigenvalue weighted by molar-refractivity contribution is 1.10. The fourth-order valence-corrected chi connectivity index (χ4v) is 8.98. The van der Waals surface area contributed by atoms with Gasteiger partial charge in [0.05, 0.1) is 11.0 Å². The summed E-state index contributed by atoms with van der Waals surface area (Å²) in [5.41, 5.74) is 12.0. The zero-order valence-electron chi connectivity index (χ0n) is 34.0. The van der Waals surface area contributed by atoms with Crippen molar-refractivity contribution in [2.75, 3.05) is 0 Å². The number of benzene rings is 9. The molecule has 0 atom stereocenters. The molecule has 10 aromatic rings. The third kappa shape index (κ3) is 6.52. The number of hydrogen-bond acceptors (Lipinski definition) is 1. The summed E-state index contributed by atoms with van der Waals surface area (Å²) in [7, 11) is 64.6. The lowest BCUT2D eigenvalue weighted by Gasteiger charge is -2.24. The zero-order chi connectivity index (χ0) is 43.8. The van der Waals surface area contributed by atoms with Crippen LogP contribution in [0.2, 0.25) is 0 Å². The predicted molar refractivity (Wildman–Crippen MR) is 277 cm³/mol. The fraction of sp³-hybridized carbons (Fsp3) is 0. The maximum atomic E-state index is 6.69. The third-order valence-electron chi connectivity index (χ3n) is 12.1. The molecular formula is C51H24B10N2. The summed E-state index contributed by atoms with van der Waals surface area (Å²) in [6.07, 6.45) is 0. The SMILES string of the molecule is [B]c1c([B])c([B])c(-c2cccc(-c3c4ccccc4c(-c4cccc(-c5nc6ccccc6n5-c5ccccc5)c4)c4ccc(-c5c([B])c([B])c([B])c([B])c5[B])cc34)c2)c([B])c1[B]. The summed E-state index contributed by atoms with van der Waals surface area (Å²) in [6.45, 7) is 0. The van der Waals surface area contributed by atoms with Gasteiger partial charge in [0.15, 0.2) is 0 Å². The number of imidazole rings is 1. The first-order valence-electron chi connectivity index (χ1n) is 20.2. The third-order valence-corrected chi connectivity index (χ3v) is 12.1. The molecule has 0 unspecified atom stereocenters. The molecule has 10 rings (SSSR count). The van der Waals surface area contributed by atoms with Gasteiger partial charge in [0.25, 0.3) is 0 Å². The number of nitrogens with zero attached hydrogens (tertiary/aromatic N) is 2. The van der Waals surface area contributed by atoms with Crippen LogP contribution in [0.4, 0.5) is 0 Å². The van der Waals surface area contributed by atoms with Crippen molar-refractivity contribution in [3.05, 3.63) is 146 Å². The molecule has 9 aromatic carbocycles. The molecule has 12 heteroatoms. The van der Waals surface area contributed by atoms with Crippen LogP contribution in [-0.2, 0) is 0 Å². The summed E-state index contributed by atoms with van der Waals surface area (Å²) in [5.74, 6) is 0.820.